The third-order valence-electron chi connectivity index (χ3n) is 4.41. The normalized spacial score (nSPS) is 11.1. The minimum atomic E-state index is -0.115. The number of nitrogens with one attached hydrogen (secondary N) is 1. The smallest absolute Gasteiger partial charge is 0.240 e. The van der Waals surface area contributed by atoms with Crippen molar-refractivity contribution in [2.75, 3.05) is 0 Å². The molecule has 146 valence electrons. The van der Waals surface area contributed by atoms with Gasteiger partial charge >= 0.3 is 0 Å². The lowest BCUT2D eigenvalue weighted by Crippen LogP contribution is -2.16. The van der Waals surface area contributed by atoms with Crippen LogP contribution in [0.1, 0.15) is 89.5 Å². The van der Waals surface area contributed by atoms with Crippen LogP contribution in [0.2, 0.25) is 0 Å². The van der Waals surface area contributed by atoms with Gasteiger partial charge in [-0.25, -0.2) is 5.43 Å². The highest BCUT2D eigenvalue weighted by molar-refractivity contribution is 5.85. The molecule has 0 aromatic heterocycles. The predicted molar refractivity (Wildman–Crippen MR) is 107 cm³/mol. The lowest BCUT2D eigenvalue weighted by molar-refractivity contribution is -0.121. The number of hydrazone groups is 1. The maximum Gasteiger partial charge on any atom is 0.240 e. The highest BCUT2D eigenvalue weighted by atomic mass is 16.3. The summed E-state index contributed by atoms with van der Waals surface area (Å²) in [5.74, 6) is -0.205. The van der Waals surface area contributed by atoms with Crippen molar-refractivity contribution in [2.45, 2.75) is 84.0 Å². The maximum absolute atomic E-state index is 11.7. The molecule has 0 saturated carbocycles. The fourth-order valence-electron chi connectivity index (χ4n) is 2.82. The lowest BCUT2D eigenvalue weighted by atomic mass is 10.1. The van der Waals surface area contributed by atoms with E-state index in [2.05, 4.69) is 17.5 Å². The number of carbonyl (C=O) groups is 1. The zero-order valence-electron chi connectivity index (χ0n) is 16.0. The monoisotopic (exact) mass is 362 g/mol. The molecule has 3 N–H and O–H groups in total. The van der Waals surface area contributed by atoms with Crippen LogP contribution in [0.15, 0.2) is 23.3 Å². The molecule has 26 heavy (non-hydrogen) atoms. The average molecular weight is 363 g/mol. The third-order valence-corrected chi connectivity index (χ3v) is 4.41. The van der Waals surface area contributed by atoms with Crippen molar-refractivity contribution in [3.8, 4) is 11.5 Å². The minimum absolute atomic E-state index is 0.0137. The molecule has 0 fully saturated rings. The molecular weight excluding hydrogens is 328 g/mol. The van der Waals surface area contributed by atoms with Crippen molar-refractivity contribution in [3.05, 3.63) is 23.8 Å². The Morgan fingerprint density at radius 2 is 1.54 bits per heavy atom. The molecule has 0 bridgehead atoms. The molecule has 0 radical (unpaired) electrons. The molecule has 5 heteroatoms. The SMILES string of the molecule is CCCCCCCCCCCCCC(=O)N/N=C\c1ccc(O)cc1O. The molecule has 0 saturated heterocycles. The zero-order chi connectivity index (χ0) is 19.0. The molecule has 1 aromatic rings. The molecule has 0 heterocycles. The Kier molecular flexibility index (Phi) is 12.0. The number of phenols is 2. The second-order valence-electron chi connectivity index (χ2n) is 6.82. The topological polar surface area (TPSA) is 81.9 Å². The number of hydrogen-bond donors (Lipinski definition) is 3. The number of amides is 1. The van der Waals surface area contributed by atoms with Crippen molar-refractivity contribution < 1.29 is 15.0 Å². The average Bonchev–Trinajstić information content (AvgIpc) is 2.61. The van der Waals surface area contributed by atoms with E-state index in [9.17, 15) is 15.0 Å². The lowest BCUT2D eigenvalue weighted by Gasteiger charge is -2.03. The minimum Gasteiger partial charge on any atom is -0.508 e. The van der Waals surface area contributed by atoms with Crippen LogP contribution < -0.4 is 5.43 Å². The number of nitrogens with zero attached hydrogens (tertiary/aromatic N) is 1. The van der Waals surface area contributed by atoms with Gasteiger partial charge in [-0.15, -0.1) is 0 Å². The number of unbranched alkanes of at least 4 members (excludes halogenated alkanes) is 10. The molecule has 0 unspecified atom stereocenters. The largest absolute Gasteiger partial charge is 0.508 e. The van der Waals surface area contributed by atoms with Crippen molar-refractivity contribution in [2.24, 2.45) is 5.10 Å². The molecule has 5 nitrogen and oxygen atoms in total. The van der Waals surface area contributed by atoms with Crippen molar-refractivity contribution in [3.63, 3.8) is 0 Å². The van der Waals surface area contributed by atoms with Crippen LogP contribution in [0.25, 0.3) is 0 Å². The van der Waals surface area contributed by atoms with Gasteiger partial charge in [0.1, 0.15) is 11.5 Å². The molecule has 0 aliphatic heterocycles. The van der Waals surface area contributed by atoms with E-state index >= 15 is 0 Å². The van der Waals surface area contributed by atoms with Gasteiger partial charge in [-0.3, -0.25) is 4.79 Å². The number of carbonyl (C=O) groups excluding carboxylic acids is 1. The van der Waals surface area contributed by atoms with Gasteiger partial charge in [0, 0.05) is 18.1 Å². The maximum atomic E-state index is 11.7. The fraction of sp³-hybridized carbons (Fsp3) is 0.619. The summed E-state index contributed by atoms with van der Waals surface area (Å²) in [6.45, 7) is 2.24. The number of hydrogen-bond acceptors (Lipinski definition) is 4. The summed E-state index contributed by atoms with van der Waals surface area (Å²) in [4.78, 5) is 11.7. The van der Waals surface area contributed by atoms with Gasteiger partial charge in [0.15, 0.2) is 0 Å². The second kappa shape index (κ2) is 14.2. The molecule has 0 aliphatic rings. The van der Waals surface area contributed by atoms with Crippen LogP contribution in [-0.2, 0) is 4.79 Å². The van der Waals surface area contributed by atoms with E-state index in [1.807, 2.05) is 0 Å². The van der Waals surface area contributed by atoms with Gasteiger partial charge in [-0.2, -0.15) is 5.10 Å². The first-order valence-electron chi connectivity index (χ1n) is 9.97. The van der Waals surface area contributed by atoms with Crippen molar-refractivity contribution >= 4 is 12.1 Å². The van der Waals surface area contributed by atoms with E-state index in [0.717, 1.165) is 12.8 Å². The van der Waals surface area contributed by atoms with Crippen LogP contribution in [0.4, 0.5) is 0 Å². The molecule has 1 rings (SSSR count). The van der Waals surface area contributed by atoms with Crippen molar-refractivity contribution in [1.82, 2.24) is 5.43 Å². The molecule has 0 aliphatic carbocycles. The van der Waals surface area contributed by atoms with Crippen molar-refractivity contribution in [1.29, 1.82) is 0 Å². The summed E-state index contributed by atoms with van der Waals surface area (Å²) in [5.41, 5.74) is 2.91. The zero-order valence-corrected chi connectivity index (χ0v) is 16.0. The highest BCUT2D eigenvalue weighted by Gasteiger charge is 2.01. The summed E-state index contributed by atoms with van der Waals surface area (Å²) >= 11 is 0. The molecular formula is C21H34N2O3. The Labute approximate surface area is 157 Å². The van der Waals surface area contributed by atoms with Crippen LogP contribution in [0.5, 0.6) is 11.5 Å². The van der Waals surface area contributed by atoms with E-state index in [-0.39, 0.29) is 17.4 Å². The first-order chi connectivity index (χ1) is 12.6. The first-order valence-corrected chi connectivity index (χ1v) is 9.97. The van der Waals surface area contributed by atoms with E-state index in [1.54, 1.807) is 0 Å². The number of phenolic OH excluding ortho intramolecular Hbond substituents is 2. The van der Waals surface area contributed by atoms with Gasteiger partial charge in [0.2, 0.25) is 5.91 Å². The van der Waals surface area contributed by atoms with E-state index in [4.69, 9.17) is 0 Å². The number of aromatic hydroxyl groups is 2. The van der Waals surface area contributed by atoms with E-state index in [1.165, 1.54) is 82.2 Å². The van der Waals surface area contributed by atoms with Gasteiger partial charge in [0.25, 0.3) is 0 Å². The van der Waals surface area contributed by atoms with E-state index in [0.29, 0.717) is 12.0 Å². The number of rotatable bonds is 14. The summed E-state index contributed by atoms with van der Waals surface area (Å²) in [6.07, 6.45) is 15.6. The Morgan fingerprint density at radius 1 is 0.962 bits per heavy atom. The highest BCUT2D eigenvalue weighted by Crippen LogP contribution is 2.20. The Balaban J connectivity index is 1.99. The summed E-state index contributed by atoms with van der Waals surface area (Å²) in [5, 5.41) is 22.7. The van der Waals surface area contributed by atoms with Gasteiger partial charge in [0.05, 0.1) is 6.21 Å². The molecule has 1 aromatic carbocycles. The van der Waals surface area contributed by atoms with Crippen LogP contribution in [0.3, 0.4) is 0 Å². The summed E-state index contributed by atoms with van der Waals surface area (Å²) < 4.78 is 0. The summed E-state index contributed by atoms with van der Waals surface area (Å²) in [7, 11) is 0. The van der Waals surface area contributed by atoms with Gasteiger partial charge in [-0.1, -0.05) is 71.1 Å². The Hall–Kier alpha value is -2.04. The predicted octanol–water partition coefficient (Wildman–Crippen LogP) is 5.25. The van der Waals surface area contributed by atoms with Crippen LogP contribution in [-0.4, -0.2) is 22.3 Å². The Morgan fingerprint density at radius 3 is 2.12 bits per heavy atom. The fourth-order valence-corrected chi connectivity index (χ4v) is 2.82. The third kappa shape index (κ3) is 10.7. The second-order valence-corrected chi connectivity index (χ2v) is 6.82. The summed E-state index contributed by atoms with van der Waals surface area (Å²) in [6, 6.07) is 4.21. The first kappa shape index (κ1) is 22.0. The van der Waals surface area contributed by atoms with Gasteiger partial charge in [-0.05, 0) is 18.6 Å². The molecule has 0 spiro atoms. The number of benzene rings is 1. The van der Waals surface area contributed by atoms with Crippen LogP contribution in [0, 0.1) is 0 Å². The van der Waals surface area contributed by atoms with E-state index < -0.39 is 0 Å². The molecule has 0 atom stereocenters. The Bertz CT molecular complexity index is 544. The quantitative estimate of drug-likeness (QED) is 0.240. The molecule has 1 amide bonds. The van der Waals surface area contributed by atoms with Crippen LogP contribution >= 0.6 is 0 Å². The standard InChI is InChI=1S/C21H34N2O3/c1-2-3-4-5-6-7-8-9-10-11-12-13-21(26)23-22-17-18-14-15-19(24)16-20(18)25/h14-17,24-25H,2-13H2,1H3,(H,23,26)/b22-17-. The van der Waals surface area contributed by atoms with Gasteiger partial charge < -0.3 is 10.2 Å².